The van der Waals surface area contributed by atoms with Crippen molar-refractivity contribution in [2.24, 2.45) is 23.2 Å². The van der Waals surface area contributed by atoms with Crippen LogP contribution in [0.1, 0.15) is 52.9 Å². The zero-order valence-corrected chi connectivity index (χ0v) is 15.9. The molecule has 4 heteroatoms. The molecule has 0 unspecified atom stereocenters. The standard InChI is InChI=1S/C21H33NO3/c1-5-18-19-14(2)11-15(3)21(12-24-18,16(19)4)13-25-20(23)22-17-9-7-6-8-10-17/h5,11,15-19H,1,6-10,12-13H2,2-4H3,(H,22,23)/t15-,16+,18+,19-,21-/m1/s1. The fourth-order valence-corrected chi connectivity index (χ4v) is 5.17. The Morgan fingerprint density at radius 2 is 2.12 bits per heavy atom. The highest BCUT2D eigenvalue weighted by Gasteiger charge is 2.53. The van der Waals surface area contributed by atoms with Crippen LogP contribution in [0.3, 0.4) is 0 Å². The molecule has 1 saturated carbocycles. The molecule has 2 aliphatic carbocycles. The molecule has 1 aliphatic heterocycles. The van der Waals surface area contributed by atoms with Gasteiger partial charge < -0.3 is 14.8 Å². The number of ether oxygens (including phenoxy) is 2. The number of hydrogen-bond acceptors (Lipinski definition) is 3. The Morgan fingerprint density at radius 3 is 2.80 bits per heavy atom. The summed E-state index contributed by atoms with van der Waals surface area (Å²) >= 11 is 0. The van der Waals surface area contributed by atoms with Gasteiger partial charge in [-0.2, -0.15) is 0 Å². The summed E-state index contributed by atoms with van der Waals surface area (Å²) in [6.45, 7) is 11.6. The van der Waals surface area contributed by atoms with Gasteiger partial charge in [-0.3, -0.25) is 0 Å². The molecule has 0 spiro atoms. The Hall–Kier alpha value is -1.29. The molecule has 2 fully saturated rings. The van der Waals surface area contributed by atoms with Crippen LogP contribution in [0.5, 0.6) is 0 Å². The van der Waals surface area contributed by atoms with E-state index < -0.39 is 0 Å². The fraction of sp³-hybridized carbons (Fsp3) is 0.762. The summed E-state index contributed by atoms with van der Waals surface area (Å²) in [6.07, 6.45) is 9.86. The maximum atomic E-state index is 12.3. The molecule has 1 saturated heterocycles. The second kappa shape index (κ2) is 7.53. The molecule has 1 N–H and O–H groups in total. The first-order valence-corrected chi connectivity index (χ1v) is 9.83. The molecule has 140 valence electrons. The summed E-state index contributed by atoms with van der Waals surface area (Å²) in [5.74, 6) is 1.05. The van der Waals surface area contributed by atoms with E-state index in [2.05, 4.69) is 38.7 Å². The smallest absolute Gasteiger partial charge is 0.407 e. The third-order valence-corrected chi connectivity index (χ3v) is 6.92. The average Bonchev–Trinajstić information content (AvgIpc) is 2.59. The molecule has 0 aromatic carbocycles. The second-order valence-corrected chi connectivity index (χ2v) is 8.31. The lowest BCUT2D eigenvalue weighted by Crippen LogP contribution is -2.56. The monoisotopic (exact) mass is 347 g/mol. The van der Waals surface area contributed by atoms with Crippen LogP contribution in [0, 0.1) is 23.2 Å². The molecule has 3 aliphatic rings. The van der Waals surface area contributed by atoms with Gasteiger partial charge in [0.1, 0.15) is 6.61 Å². The number of rotatable bonds is 4. The van der Waals surface area contributed by atoms with Crippen LogP contribution in [0.25, 0.3) is 0 Å². The number of hydrogen-bond donors (Lipinski definition) is 1. The molecular weight excluding hydrogens is 314 g/mol. The molecule has 25 heavy (non-hydrogen) atoms. The van der Waals surface area contributed by atoms with Crippen LogP contribution in [0.15, 0.2) is 24.3 Å². The van der Waals surface area contributed by atoms with Gasteiger partial charge in [0.05, 0.1) is 12.7 Å². The van der Waals surface area contributed by atoms with Crippen LogP contribution in [-0.2, 0) is 9.47 Å². The van der Waals surface area contributed by atoms with Crippen molar-refractivity contribution in [3.63, 3.8) is 0 Å². The number of carbonyl (C=O) groups excluding carboxylic acids is 1. The molecule has 0 aromatic heterocycles. The molecular formula is C21H33NO3. The van der Waals surface area contributed by atoms with Gasteiger partial charge in [-0.1, -0.05) is 50.8 Å². The van der Waals surface area contributed by atoms with Crippen LogP contribution < -0.4 is 5.32 Å². The van der Waals surface area contributed by atoms with Crippen molar-refractivity contribution in [2.45, 2.75) is 65.0 Å². The average molecular weight is 347 g/mol. The highest BCUT2D eigenvalue weighted by atomic mass is 16.6. The third kappa shape index (κ3) is 3.51. The van der Waals surface area contributed by atoms with Crippen molar-refractivity contribution in [3.8, 4) is 0 Å². The zero-order chi connectivity index (χ0) is 18.0. The van der Waals surface area contributed by atoms with Crippen LogP contribution >= 0.6 is 0 Å². The van der Waals surface area contributed by atoms with Crippen molar-refractivity contribution < 1.29 is 14.3 Å². The first-order valence-electron chi connectivity index (χ1n) is 9.83. The first-order chi connectivity index (χ1) is 12.0. The minimum atomic E-state index is -0.269. The van der Waals surface area contributed by atoms with Gasteiger partial charge in [0.15, 0.2) is 0 Å². The topological polar surface area (TPSA) is 47.6 Å². The zero-order valence-electron chi connectivity index (χ0n) is 15.9. The Balaban J connectivity index is 1.66. The number of nitrogens with one attached hydrogen (secondary N) is 1. The van der Waals surface area contributed by atoms with E-state index in [9.17, 15) is 4.79 Å². The predicted molar refractivity (Wildman–Crippen MR) is 99.3 cm³/mol. The number of alkyl carbamates (subject to hydrolysis) is 1. The quantitative estimate of drug-likeness (QED) is 0.764. The Bertz CT molecular complexity index is 537. The molecule has 2 bridgehead atoms. The minimum absolute atomic E-state index is 0.0583. The molecule has 4 nitrogen and oxygen atoms in total. The van der Waals surface area contributed by atoms with Crippen LogP contribution in [-0.4, -0.2) is 31.5 Å². The summed E-state index contributed by atoms with van der Waals surface area (Å²) in [6, 6.07) is 0.280. The minimum Gasteiger partial charge on any atom is -0.449 e. The Labute approximate surface area is 152 Å². The summed E-state index contributed by atoms with van der Waals surface area (Å²) in [5.41, 5.74) is 1.22. The highest BCUT2D eigenvalue weighted by Crippen LogP contribution is 2.52. The summed E-state index contributed by atoms with van der Waals surface area (Å²) in [7, 11) is 0. The maximum absolute atomic E-state index is 12.3. The van der Waals surface area contributed by atoms with Gasteiger partial charge in [-0.05, 0) is 31.6 Å². The van der Waals surface area contributed by atoms with Gasteiger partial charge in [0.25, 0.3) is 0 Å². The molecule has 1 heterocycles. The summed E-state index contributed by atoms with van der Waals surface area (Å²) < 4.78 is 11.8. The van der Waals surface area contributed by atoms with Crippen molar-refractivity contribution >= 4 is 6.09 Å². The lowest BCUT2D eigenvalue weighted by molar-refractivity contribution is -0.149. The van der Waals surface area contributed by atoms with E-state index in [1.807, 2.05) is 6.08 Å². The molecule has 5 atom stereocenters. The normalized spacial score (nSPS) is 38.6. The number of carbonyl (C=O) groups is 1. The van der Waals surface area contributed by atoms with Gasteiger partial charge in [0.2, 0.25) is 0 Å². The third-order valence-electron chi connectivity index (χ3n) is 6.92. The van der Waals surface area contributed by atoms with Gasteiger partial charge in [0, 0.05) is 17.4 Å². The summed E-state index contributed by atoms with van der Waals surface area (Å²) in [5, 5.41) is 3.05. The molecule has 3 rings (SSSR count). The van der Waals surface area contributed by atoms with Crippen molar-refractivity contribution in [1.82, 2.24) is 5.32 Å². The Morgan fingerprint density at radius 1 is 1.40 bits per heavy atom. The second-order valence-electron chi connectivity index (χ2n) is 8.31. The van der Waals surface area contributed by atoms with Gasteiger partial charge in [-0.25, -0.2) is 4.79 Å². The number of amides is 1. The van der Waals surface area contributed by atoms with Crippen molar-refractivity contribution in [3.05, 3.63) is 24.3 Å². The van der Waals surface area contributed by atoms with E-state index >= 15 is 0 Å². The number of fused-ring (bicyclic) bond motifs is 2. The van der Waals surface area contributed by atoms with Gasteiger partial charge in [-0.15, -0.1) is 6.58 Å². The summed E-state index contributed by atoms with van der Waals surface area (Å²) in [4.78, 5) is 12.3. The first kappa shape index (κ1) is 18.5. The Kier molecular flexibility index (Phi) is 5.57. The van der Waals surface area contributed by atoms with Crippen molar-refractivity contribution in [2.75, 3.05) is 13.2 Å². The largest absolute Gasteiger partial charge is 0.449 e. The van der Waals surface area contributed by atoms with Gasteiger partial charge >= 0.3 is 6.09 Å². The highest BCUT2D eigenvalue weighted by molar-refractivity contribution is 5.67. The molecule has 0 aromatic rings. The lowest BCUT2D eigenvalue weighted by Gasteiger charge is -2.54. The van der Waals surface area contributed by atoms with E-state index in [1.165, 1.54) is 24.8 Å². The van der Waals surface area contributed by atoms with Crippen LogP contribution in [0.2, 0.25) is 0 Å². The van der Waals surface area contributed by atoms with E-state index in [0.717, 1.165) is 12.8 Å². The van der Waals surface area contributed by atoms with E-state index in [-0.39, 0.29) is 23.7 Å². The van der Waals surface area contributed by atoms with E-state index in [0.29, 0.717) is 31.0 Å². The number of allylic oxidation sites excluding steroid dienone is 1. The predicted octanol–water partition coefficient (Wildman–Crippen LogP) is 4.46. The fourth-order valence-electron chi connectivity index (χ4n) is 5.17. The van der Waals surface area contributed by atoms with E-state index in [1.54, 1.807) is 0 Å². The lowest BCUT2D eigenvalue weighted by atomic mass is 9.56. The molecule has 0 radical (unpaired) electrons. The maximum Gasteiger partial charge on any atom is 0.407 e. The van der Waals surface area contributed by atoms with Crippen LogP contribution in [0.4, 0.5) is 4.79 Å². The van der Waals surface area contributed by atoms with Crippen molar-refractivity contribution in [1.29, 1.82) is 0 Å². The molecule has 1 amide bonds. The van der Waals surface area contributed by atoms with E-state index in [4.69, 9.17) is 9.47 Å². The SMILES string of the molecule is C=C[C@@H]1OC[C@@]2(COC(=O)NC3CCCCC3)[C@H](C)C=C(C)[C@@H]1[C@@H]2C.